The molecule has 7 heteroatoms. The molecule has 0 aliphatic carbocycles. The summed E-state index contributed by atoms with van der Waals surface area (Å²) in [7, 11) is 0. The van der Waals surface area contributed by atoms with E-state index < -0.39 is 17.3 Å². The van der Waals surface area contributed by atoms with Gasteiger partial charge in [0.15, 0.2) is 0 Å². The normalized spacial score (nSPS) is 14.7. The molecule has 0 spiro atoms. The van der Waals surface area contributed by atoms with Crippen molar-refractivity contribution >= 4 is 17.7 Å². The van der Waals surface area contributed by atoms with E-state index in [0.29, 0.717) is 11.4 Å². The van der Waals surface area contributed by atoms with Crippen molar-refractivity contribution in [3.63, 3.8) is 0 Å². The highest BCUT2D eigenvalue weighted by atomic mass is 32.2. The van der Waals surface area contributed by atoms with Crippen molar-refractivity contribution in [2.24, 2.45) is 11.7 Å². The Hall–Kier alpha value is -1.21. The Bertz CT molecular complexity index is 520. The molecule has 1 aromatic carbocycles. The topological polar surface area (TPSA) is 55.1 Å². The number of nitrogens with one attached hydrogen (secondary N) is 1. The Kier molecular flexibility index (Phi) is 6.31. The molecule has 0 aliphatic heterocycles. The molecule has 0 radical (unpaired) electrons. The van der Waals surface area contributed by atoms with Gasteiger partial charge in [0, 0.05) is 11.4 Å². The fourth-order valence-electron chi connectivity index (χ4n) is 1.70. The molecule has 0 aliphatic rings. The number of hydrogen-bond donors (Lipinski definition) is 2. The Morgan fingerprint density at radius 2 is 2.00 bits per heavy atom. The SMILES string of the molecule is CC(C)C(C)(CN)NC(=O)CSc1cccc(C(F)(F)F)c1. The molecule has 3 N–H and O–H groups in total. The molecular weight excluding hydrogens is 313 g/mol. The quantitative estimate of drug-likeness (QED) is 0.785. The van der Waals surface area contributed by atoms with Crippen LogP contribution in [0.5, 0.6) is 0 Å². The zero-order chi connectivity index (χ0) is 17.0. The molecule has 1 amide bonds. The van der Waals surface area contributed by atoms with Gasteiger partial charge in [-0.15, -0.1) is 11.8 Å². The van der Waals surface area contributed by atoms with Crippen LogP contribution in [-0.4, -0.2) is 23.7 Å². The van der Waals surface area contributed by atoms with Gasteiger partial charge in [0.05, 0.1) is 16.9 Å². The van der Waals surface area contributed by atoms with Gasteiger partial charge >= 0.3 is 6.18 Å². The zero-order valence-corrected chi connectivity index (χ0v) is 13.6. The number of carbonyl (C=O) groups excluding carboxylic acids is 1. The minimum atomic E-state index is -4.38. The summed E-state index contributed by atoms with van der Waals surface area (Å²) in [5.41, 5.74) is 4.45. The van der Waals surface area contributed by atoms with Crippen LogP contribution < -0.4 is 11.1 Å². The summed E-state index contributed by atoms with van der Waals surface area (Å²) >= 11 is 1.07. The Balaban J connectivity index is 2.65. The number of amides is 1. The van der Waals surface area contributed by atoms with Crippen molar-refractivity contribution in [1.82, 2.24) is 5.32 Å². The first kappa shape index (κ1) is 18.8. The molecule has 0 heterocycles. The predicted molar refractivity (Wildman–Crippen MR) is 82.6 cm³/mol. The summed E-state index contributed by atoms with van der Waals surface area (Å²) in [6.07, 6.45) is -4.38. The summed E-state index contributed by atoms with van der Waals surface area (Å²) < 4.78 is 37.9. The predicted octanol–water partition coefficient (Wildman–Crippen LogP) is 3.29. The molecule has 1 unspecified atom stereocenters. The molecule has 3 nitrogen and oxygen atoms in total. The Morgan fingerprint density at radius 1 is 1.36 bits per heavy atom. The van der Waals surface area contributed by atoms with Gasteiger partial charge in [-0.1, -0.05) is 19.9 Å². The van der Waals surface area contributed by atoms with Crippen molar-refractivity contribution in [2.75, 3.05) is 12.3 Å². The van der Waals surface area contributed by atoms with Crippen molar-refractivity contribution < 1.29 is 18.0 Å². The second-order valence-electron chi connectivity index (χ2n) is 5.64. The molecule has 1 atom stereocenters. The first-order valence-corrected chi connectivity index (χ1v) is 7.88. The Morgan fingerprint density at radius 3 is 2.50 bits per heavy atom. The first-order chi connectivity index (χ1) is 10.1. The van der Waals surface area contributed by atoms with E-state index in [0.717, 1.165) is 23.9 Å². The molecule has 22 heavy (non-hydrogen) atoms. The van der Waals surface area contributed by atoms with Crippen LogP contribution >= 0.6 is 11.8 Å². The third kappa shape index (κ3) is 5.21. The number of benzene rings is 1. The number of thioether (sulfide) groups is 1. The zero-order valence-electron chi connectivity index (χ0n) is 12.8. The van der Waals surface area contributed by atoms with Gasteiger partial charge in [-0.25, -0.2) is 0 Å². The van der Waals surface area contributed by atoms with Crippen LogP contribution in [-0.2, 0) is 11.0 Å². The third-order valence-corrected chi connectivity index (χ3v) is 4.65. The van der Waals surface area contributed by atoms with Crippen molar-refractivity contribution in [2.45, 2.75) is 37.4 Å². The van der Waals surface area contributed by atoms with Crippen molar-refractivity contribution in [1.29, 1.82) is 0 Å². The van der Waals surface area contributed by atoms with Crippen LogP contribution in [0.2, 0.25) is 0 Å². The first-order valence-electron chi connectivity index (χ1n) is 6.89. The monoisotopic (exact) mass is 334 g/mol. The highest BCUT2D eigenvalue weighted by molar-refractivity contribution is 8.00. The van der Waals surface area contributed by atoms with Crippen LogP contribution in [0.25, 0.3) is 0 Å². The van der Waals surface area contributed by atoms with Gasteiger partial charge in [0.1, 0.15) is 0 Å². The van der Waals surface area contributed by atoms with E-state index >= 15 is 0 Å². The van der Waals surface area contributed by atoms with Crippen LogP contribution in [0.1, 0.15) is 26.3 Å². The van der Waals surface area contributed by atoms with Crippen LogP contribution in [0.15, 0.2) is 29.2 Å². The van der Waals surface area contributed by atoms with Gasteiger partial charge in [0.2, 0.25) is 5.91 Å². The minimum Gasteiger partial charge on any atom is -0.349 e. The van der Waals surface area contributed by atoms with Gasteiger partial charge < -0.3 is 11.1 Å². The molecule has 0 fully saturated rings. The molecule has 0 aromatic heterocycles. The van der Waals surface area contributed by atoms with E-state index in [2.05, 4.69) is 5.32 Å². The highest BCUT2D eigenvalue weighted by Gasteiger charge is 2.31. The van der Waals surface area contributed by atoms with Crippen molar-refractivity contribution in [3.05, 3.63) is 29.8 Å². The van der Waals surface area contributed by atoms with E-state index in [4.69, 9.17) is 5.73 Å². The van der Waals surface area contributed by atoms with Gasteiger partial charge in [-0.05, 0) is 31.0 Å². The fraction of sp³-hybridized carbons (Fsp3) is 0.533. The lowest BCUT2D eigenvalue weighted by atomic mass is 9.88. The summed E-state index contributed by atoms with van der Waals surface area (Å²) in [5, 5.41) is 2.85. The largest absolute Gasteiger partial charge is 0.416 e. The number of rotatable bonds is 6. The third-order valence-electron chi connectivity index (χ3n) is 3.65. The molecule has 1 aromatic rings. The van der Waals surface area contributed by atoms with Gasteiger partial charge in [0.25, 0.3) is 0 Å². The minimum absolute atomic E-state index is 0.0453. The molecule has 0 bridgehead atoms. The summed E-state index contributed by atoms with van der Waals surface area (Å²) in [6.45, 7) is 6.05. The van der Waals surface area contributed by atoms with E-state index in [9.17, 15) is 18.0 Å². The average Bonchev–Trinajstić information content (AvgIpc) is 2.44. The van der Waals surface area contributed by atoms with E-state index in [1.165, 1.54) is 6.07 Å². The number of halogens is 3. The van der Waals surface area contributed by atoms with E-state index in [-0.39, 0.29) is 17.6 Å². The molecule has 1 rings (SSSR count). The highest BCUT2D eigenvalue weighted by Crippen LogP contribution is 2.31. The fourth-order valence-corrected chi connectivity index (χ4v) is 2.45. The van der Waals surface area contributed by atoms with Crippen molar-refractivity contribution in [3.8, 4) is 0 Å². The second kappa shape index (κ2) is 7.37. The second-order valence-corrected chi connectivity index (χ2v) is 6.69. The molecule has 0 saturated heterocycles. The summed E-state index contributed by atoms with van der Waals surface area (Å²) in [5.74, 6) is -0.0482. The van der Waals surface area contributed by atoms with Crippen LogP contribution in [0.3, 0.4) is 0 Å². The molecule has 124 valence electrons. The average molecular weight is 334 g/mol. The lowest BCUT2D eigenvalue weighted by Crippen LogP contribution is -2.55. The lowest BCUT2D eigenvalue weighted by molar-refractivity contribution is -0.137. The maximum absolute atomic E-state index is 12.6. The lowest BCUT2D eigenvalue weighted by Gasteiger charge is -2.33. The smallest absolute Gasteiger partial charge is 0.349 e. The van der Waals surface area contributed by atoms with Crippen LogP contribution in [0.4, 0.5) is 13.2 Å². The number of alkyl halides is 3. The van der Waals surface area contributed by atoms with Crippen LogP contribution in [0, 0.1) is 5.92 Å². The summed E-state index contributed by atoms with van der Waals surface area (Å²) in [4.78, 5) is 12.4. The standard InChI is InChI=1S/C15H21F3N2OS/c1-10(2)14(3,9-19)20-13(21)8-22-12-6-4-5-11(7-12)15(16,17)18/h4-7,10H,8-9,19H2,1-3H3,(H,20,21). The Labute approximate surface area is 132 Å². The number of hydrogen-bond acceptors (Lipinski definition) is 3. The van der Waals surface area contributed by atoms with E-state index in [1.54, 1.807) is 6.07 Å². The van der Waals surface area contributed by atoms with Gasteiger partial charge in [-0.2, -0.15) is 13.2 Å². The maximum atomic E-state index is 12.6. The summed E-state index contributed by atoms with van der Waals surface area (Å²) in [6, 6.07) is 4.94. The van der Waals surface area contributed by atoms with E-state index in [1.807, 2.05) is 20.8 Å². The molecule has 0 saturated carbocycles. The number of nitrogens with two attached hydrogens (primary N) is 1. The maximum Gasteiger partial charge on any atom is 0.416 e. The molecular formula is C15H21F3N2OS. The number of carbonyl (C=O) groups is 1. The van der Waals surface area contributed by atoms with Gasteiger partial charge in [-0.3, -0.25) is 4.79 Å².